The lowest BCUT2D eigenvalue weighted by atomic mass is 10.1. The van der Waals surface area contributed by atoms with E-state index >= 15 is 0 Å². The van der Waals surface area contributed by atoms with Gasteiger partial charge in [0.1, 0.15) is 17.1 Å². The second-order valence-corrected chi connectivity index (χ2v) is 7.24. The van der Waals surface area contributed by atoms with Crippen LogP contribution in [-0.2, 0) is 0 Å². The number of halogens is 1. The molecular formula is C21H18BrN3O2. The number of hydrogen-bond donors (Lipinski definition) is 1. The smallest absolute Gasteiger partial charge is 0.190 e. The molecule has 5 nitrogen and oxygen atoms in total. The zero-order valence-corrected chi connectivity index (χ0v) is 16.5. The van der Waals surface area contributed by atoms with Crippen molar-refractivity contribution in [2.45, 2.75) is 19.9 Å². The summed E-state index contributed by atoms with van der Waals surface area (Å²) in [5.74, 6) is 1.45. The fourth-order valence-electron chi connectivity index (χ4n) is 2.86. The van der Waals surface area contributed by atoms with Gasteiger partial charge in [-0.05, 0) is 38.1 Å². The van der Waals surface area contributed by atoms with Crippen LogP contribution in [0.3, 0.4) is 0 Å². The van der Waals surface area contributed by atoms with Crippen molar-refractivity contribution in [2.24, 2.45) is 0 Å². The van der Waals surface area contributed by atoms with E-state index in [0.29, 0.717) is 5.76 Å². The molecule has 4 aromatic rings. The Balaban J connectivity index is 1.59. The van der Waals surface area contributed by atoms with Gasteiger partial charge in [-0.3, -0.25) is 0 Å². The van der Waals surface area contributed by atoms with Gasteiger partial charge in [0.05, 0.1) is 6.04 Å². The summed E-state index contributed by atoms with van der Waals surface area (Å²) in [5.41, 5.74) is 4.44. The highest BCUT2D eigenvalue weighted by atomic mass is 79.9. The zero-order chi connectivity index (χ0) is 18.8. The number of nitrogens with one attached hydrogen (secondary N) is 1. The number of anilines is 1. The molecule has 0 aliphatic heterocycles. The van der Waals surface area contributed by atoms with Crippen molar-refractivity contribution in [1.29, 1.82) is 0 Å². The van der Waals surface area contributed by atoms with Crippen LogP contribution >= 0.6 is 15.9 Å². The normalized spacial score (nSPS) is 12.1. The summed E-state index contributed by atoms with van der Waals surface area (Å²) in [6.45, 7) is 3.93. The van der Waals surface area contributed by atoms with Crippen LogP contribution in [0.25, 0.3) is 22.6 Å². The minimum Gasteiger partial charge on any atom is -0.371 e. The van der Waals surface area contributed by atoms with Crippen LogP contribution in [0.1, 0.15) is 24.4 Å². The molecule has 0 aliphatic carbocycles. The van der Waals surface area contributed by atoms with Gasteiger partial charge < -0.3 is 14.4 Å². The highest BCUT2D eigenvalue weighted by Crippen LogP contribution is 2.34. The molecule has 1 atom stereocenters. The third-order valence-electron chi connectivity index (χ3n) is 4.35. The van der Waals surface area contributed by atoms with Gasteiger partial charge in [0, 0.05) is 21.7 Å². The number of hydrogen-bond acceptors (Lipinski definition) is 5. The van der Waals surface area contributed by atoms with Gasteiger partial charge in [-0.1, -0.05) is 56.6 Å². The molecule has 0 spiro atoms. The van der Waals surface area contributed by atoms with E-state index in [9.17, 15) is 0 Å². The van der Waals surface area contributed by atoms with Gasteiger partial charge in [-0.15, -0.1) is 0 Å². The Morgan fingerprint density at radius 1 is 0.926 bits per heavy atom. The number of aromatic nitrogens is 2. The number of rotatable bonds is 5. The third-order valence-corrected chi connectivity index (χ3v) is 4.88. The van der Waals surface area contributed by atoms with Crippen molar-refractivity contribution in [2.75, 3.05) is 5.32 Å². The van der Waals surface area contributed by atoms with E-state index < -0.39 is 0 Å². The molecule has 2 aromatic heterocycles. The highest BCUT2D eigenvalue weighted by Gasteiger charge is 2.20. The molecule has 1 unspecified atom stereocenters. The molecule has 0 fully saturated rings. The van der Waals surface area contributed by atoms with Crippen LogP contribution in [0.4, 0.5) is 5.69 Å². The summed E-state index contributed by atoms with van der Waals surface area (Å²) in [4.78, 5) is 0. The molecule has 2 aromatic carbocycles. The summed E-state index contributed by atoms with van der Waals surface area (Å²) in [6, 6.07) is 19.7. The van der Waals surface area contributed by atoms with Gasteiger partial charge in [-0.2, -0.15) is 0 Å². The summed E-state index contributed by atoms with van der Waals surface area (Å²) in [6.07, 6.45) is 0. The molecule has 136 valence electrons. The second kappa shape index (κ2) is 7.40. The fourth-order valence-corrected chi connectivity index (χ4v) is 3.13. The van der Waals surface area contributed by atoms with Crippen molar-refractivity contribution >= 4 is 21.6 Å². The molecule has 2 heterocycles. The SMILES string of the molecule is Cc1noc(-c2ccc(Br)cc2)c1NC(C)c1cc(-c2ccccc2)no1. The Hall–Kier alpha value is -2.86. The highest BCUT2D eigenvalue weighted by molar-refractivity contribution is 9.10. The molecule has 0 saturated carbocycles. The lowest BCUT2D eigenvalue weighted by Crippen LogP contribution is -2.06. The van der Waals surface area contributed by atoms with Crippen molar-refractivity contribution in [3.63, 3.8) is 0 Å². The average molecular weight is 424 g/mol. The van der Waals surface area contributed by atoms with E-state index in [2.05, 4.69) is 31.6 Å². The van der Waals surface area contributed by atoms with Crippen LogP contribution in [0.15, 0.2) is 74.2 Å². The third kappa shape index (κ3) is 3.66. The molecule has 6 heteroatoms. The van der Waals surface area contributed by atoms with E-state index in [0.717, 1.165) is 38.4 Å². The lowest BCUT2D eigenvalue weighted by molar-refractivity contribution is 0.375. The average Bonchev–Trinajstić information content (AvgIpc) is 3.31. The molecule has 4 rings (SSSR count). The molecule has 0 bridgehead atoms. The molecule has 0 aliphatic rings. The van der Waals surface area contributed by atoms with E-state index in [1.54, 1.807) is 0 Å². The second-order valence-electron chi connectivity index (χ2n) is 6.33. The minimum absolute atomic E-state index is 0.0951. The first kappa shape index (κ1) is 17.5. The minimum atomic E-state index is -0.0951. The van der Waals surface area contributed by atoms with Crippen LogP contribution in [0.2, 0.25) is 0 Å². The van der Waals surface area contributed by atoms with Crippen molar-refractivity contribution in [1.82, 2.24) is 10.3 Å². The van der Waals surface area contributed by atoms with Gasteiger partial charge >= 0.3 is 0 Å². The van der Waals surface area contributed by atoms with Crippen molar-refractivity contribution < 1.29 is 9.05 Å². The predicted octanol–water partition coefficient (Wildman–Crippen LogP) is 6.24. The number of nitrogens with zero attached hydrogens (tertiary/aromatic N) is 2. The van der Waals surface area contributed by atoms with Crippen LogP contribution in [0, 0.1) is 6.92 Å². The molecule has 27 heavy (non-hydrogen) atoms. The predicted molar refractivity (Wildman–Crippen MR) is 108 cm³/mol. The Kier molecular flexibility index (Phi) is 4.81. The van der Waals surface area contributed by atoms with Gasteiger partial charge in [0.15, 0.2) is 11.5 Å². The first-order valence-electron chi connectivity index (χ1n) is 8.62. The number of benzene rings is 2. The molecule has 1 N–H and O–H groups in total. The molecule has 0 radical (unpaired) electrons. The van der Waals surface area contributed by atoms with E-state index in [1.165, 1.54) is 0 Å². The summed E-state index contributed by atoms with van der Waals surface area (Å²) >= 11 is 3.45. The maximum atomic E-state index is 5.56. The van der Waals surface area contributed by atoms with Gasteiger partial charge in [0.25, 0.3) is 0 Å². The molecular weight excluding hydrogens is 406 g/mol. The largest absolute Gasteiger partial charge is 0.371 e. The van der Waals surface area contributed by atoms with Gasteiger partial charge in [0.2, 0.25) is 0 Å². The quantitative estimate of drug-likeness (QED) is 0.411. The Morgan fingerprint density at radius 2 is 1.67 bits per heavy atom. The zero-order valence-electron chi connectivity index (χ0n) is 14.9. The van der Waals surface area contributed by atoms with Crippen molar-refractivity contribution in [3.05, 3.63) is 76.6 Å². The topological polar surface area (TPSA) is 64.1 Å². The van der Waals surface area contributed by atoms with E-state index in [1.807, 2.05) is 74.5 Å². The first-order chi connectivity index (χ1) is 13.1. The Bertz CT molecular complexity index is 1040. The maximum absolute atomic E-state index is 5.56. The summed E-state index contributed by atoms with van der Waals surface area (Å²) in [7, 11) is 0. The summed E-state index contributed by atoms with van der Waals surface area (Å²) in [5, 5.41) is 11.8. The molecule has 0 saturated heterocycles. The van der Waals surface area contributed by atoms with Crippen LogP contribution < -0.4 is 5.32 Å². The summed E-state index contributed by atoms with van der Waals surface area (Å²) < 4.78 is 12.1. The Labute approximate surface area is 165 Å². The van der Waals surface area contributed by atoms with E-state index in [4.69, 9.17) is 9.05 Å². The van der Waals surface area contributed by atoms with Crippen LogP contribution in [0.5, 0.6) is 0 Å². The first-order valence-corrected chi connectivity index (χ1v) is 9.42. The Morgan fingerprint density at radius 3 is 2.41 bits per heavy atom. The maximum Gasteiger partial charge on any atom is 0.190 e. The lowest BCUT2D eigenvalue weighted by Gasteiger charge is -2.12. The van der Waals surface area contributed by atoms with Gasteiger partial charge in [-0.25, -0.2) is 0 Å². The van der Waals surface area contributed by atoms with E-state index in [-0.39, 0.29) is 6.04 Å². The van der Waals surface area contributed by atoms with Crippen molar-refractivity contribution in [3.8, 4) is 22.6 Å². The standard InChI is InChI=1S/C21H18BrN3O2/c1-13(19-12-18(25-26-19)15-6-4-3-5-7-15)23-20-14(2)24-27-21(20)16-8-10-17(22)11-9-16/h3-13,23H,1-2H3. The fraction of sp³-hybridized carbons (Fsp3) is 0.143. The monoisotopic (exact) mass is 423 g/mol. The van der Waals surface area contributed by atoms with Crippen LogP contribution in [-0.4, -0.2) is 10.3 Å². The molecule has 0 amide bonds. The number of aryl methyl sites for hydroxylation is 1.